The smallest absolute Gasteiger partial charge is 0.382 e. The molecule has 14 heteroatoms. The molecule has 3 atom stereocenters. The average molecular weight is 584 g/mol. The van der Waals surface area contributed by atoms with Crippen molar-refractivity contribution in [1.29, 1.82) is 0 Å². The summed E-state index contributed by atoms with van der Waals surface area (Å²) >= 11 is 0. The Kier molecular flexibility index (Phi) is 7.58. The fourth-order valence-electron chi connectivity index (χ4n) is 6.35. The first-order valence-electron chi connectivity index (χ1n) is 14.0. The second-order valence-electron chi connectivity index (χ2n) is 10.9. The van der Waals surface area contributed by atoms with Crippen molar-refractivity contribution in [2.75, 3.05) is 66.8 Å². The van der Waals surface area contributed by atoms with Crippen molar-refractivity contribution < 1.29 is 22.7 Å². The number of aromatic nitrogens is 4. The van der Waals surface area contributed by atoms with Gasteiger partial charge in [-0.05, 0) is 61.4 Å². The van der Waals surface area contributed by atoms with Crippen molar-refractivity contribution in [3.63, 3.8) is 0 Å². The molecule has 3 aromatic rings. The van der Waals surface area contributed by atoms with Crippen molar-refractivity contribution in [2.24, 2.45) is 23.5 Å². The number of nitrogen functional groups attached to an aromatic ring is 1. The lowest BCUT2D eigenvalue weighted by Crippen LogP contribution is -2.44. The molecule has 42 heavy (non-hydrogen) atoms. The van der Waals surface area contributed by atoms with Crippen LogP contribution in [-0.2, 0) is 10.9 Å². The van der Waals surface area contributed by atoms with E-state index in [1.54, 1.807) is 12.3 Å². The molecular formula is C28H32F3N9O2. The second-order valence-corrected chi connectivity index (χ2v) is 10.9. The number of anilines is 4. The average Bonchev–Trinajstić information content (AvgIpc) is 3.24. The molecule has 222 valence electrons. The summed E-state index contributed by atoms with van der Waals surface area (Å²) in [7, 11) is 0. The number of hydrogen-bond acceptors (Lipinski definition) is 10. The number of amides is 1. The Morgan fingerprint density at radius 2 is 1.79 bits per heavy atom. The van der Waals surface area contributed by atoms with E-state index in [2.05, 4.69) is 30.2 Å². The Morgan fingerprint density at radius 1 is 1.05 bits per heavy atom. The van der Waals surface area contributed by atoms with Gasteiger partial charge in [-0.2, -0.15) is 13.2 Å². The highest BCUT2D eigenvalue weighted by Gasteiger charge is 2.42. The molecule has 1 amide bonds. The van der Waals surface area contributed by atoms with E-state index in [1.807, 2.05) is 11.0 Å². The lowest BCUT2D eigenvalue weighted by Gasteiger charge is -2.39. The van der Waals surface area contributed by atoms with Crippen LogP contribution in [0, 0.1) is 17.8 Å². The molecule has 3 aliphatic rings. The Morgan fingerprint density at radius 3 is 2.48 bits per heavy atom. The number of pyridine rings is 2. The lowest BCUT2D eigenvalue weighted by atomic mass is 9.85. The zero-order chi connectivity index (χ0) is 29.4. The monoisotopic (exact) mass is 583 g/mol. The number of ether oxygens (including phenoxy) is 1. The van der Waals surface area contributed by atoms with Gasteiger partial charge in [0.2, 0.25) is 0 Å². The number of morpholine rings is 1. The van der Waals surface area contributed by atoms with Crippen molar-refractivity contribution in [1.82, 2.24) is 19.9 Å². The number of carbonyl (C=O) groups is 1. The van der Waals surface area contributed by atoms with Crippen LogP contribution in [0.4, 0.5) is 36.3 Å². The van der Waals surface area contributed by atoms with Gasteiger partial charge in [0, 0.05) is 32.4 Å². The third kappa shape index (κ3) is 5.43. The minimum atomic E-state index is -4.71. The van der Waals surface area contributed by atoms with Gasteiger partial charge in [-0.15, -0.1) is 0 Å². The van der Waals surface area contributed by atoms with E-state index < -0.39 is 23.3 Å². The van der Waals surface area contributed by atoms with Crippen LogP contribution < -0.4 is 26.6 Å². The maximum Gasteiger partial charge on any atom is 0.418 e. The highest BCUT2D eigenvalue weighted by Crippen LogP contribution is 2.43. The lowest BCUT2D eigenvalue weighted by molar-refractivity contribution is -0.137. The summed E-state index contributed by atoms with van der Waals surface area (Å²) in [6.07, 6.45) is 0.172. The fraction of sp³-hybridized carbons (Fsp3) is 0.464. The molecule has 5 heterocycles. The predicted molar refractivity (Wildman–Crippen MR) is 151 cm³/mol. The van der Waals surface area contributed by atoms with Gasteiger partial charge in [0.25, 0.3) is 5.91 Å². The maximum absolute atomic E-state index is 14.0. The minimum absolute atomic E-state index is 0.224. The van der Waals surface area contributed by atoms with Crippen molar-refractivity contribution in [2.45, 2.75) is 19.0 Å². The Balaban J connectivity index is 1.30. The normalized spacial score (nSPS) is 22.3. The van der Waals surface area contributed by atoms with Gasteiger partial charge in [0.15, 0.2) is 17.3 Å². The SMILES string of the molecule is NCC1[C@@H]2CC[C@H]1CN(c1cccnc1NC(=O)c1nc(-c3nc(N4CCOCC4)ccc3C(F)(F)F)cnc1N)C2. The first kappa shape index (κ1) is 28.1. The van der Waals surface area contributed by atoms with Crippen molar-refractivity contribution >= 4 is 29.0 Å². The van der Waals surface area contributed by atoms with Gasteiger partial charge in [-0.25, -0.2) is 19.9 Å². The van der Waals surface area contributed by atoms with Crippen LogP contribution in [0.1, 0.15) is 28.9 Å². The summed E-state index contributed by atoms with van der Waals surface area (Å²) in [5, 5.41) is 2.76. The van der Waals surface area contributed by atoms with Gasteiger partial charge in [0.1, 0.15) is 17.2 Å². The fourth-order valence-corrected chi connectivity index (χ4v) is 6.35. The molecule has 0 radical (unpaired) electrons. The molecule has 3 aromatic heterocycles. The second kappa shape index (κ2) is 11.3. The Hall–Kier alpha value is -4.04. The number of alkyl halides is 3. The third-order valence-electron chi connectivity index (χ3n) is 8.44. The molecule has 5 N–H and O–H groups in total. The van der Waals surface area contributed by atoms with Gasteiger partial charge in [-0.3, -0.25) is 4.79 Å². The van der Waals surface area contributed by atoms with Crippen molar-refractivity contribution in [3.8, 4) is 11.4 Å². The summed E-state index contributed by atoms with van der Waals surface area (Å²) in [6.45, 7) is 4.10. The topological polar surface area (TPSA) is 148 Å². The maximum atomic E-state index is 14.0. The Bertz CT molecular complexity index is 1450. The number of carbonyl (C=O) groups excluding carboxylic acids is 1. The molecule has 1 aliphatic carbocycles. The number of nitrogens with two attached hydrogens (primary N) is 2. The van der Waals surface area contributed by atoms with Gasteiger partial charge < -0.3 is 31.3 Å². The highest BCUT2D eigenvalue weighted by molar-refractivity contribution is 6.06. The largest absolute Gasteiger partial charge is 0.418 e. The van der Waals surface area contributed by atoms with E-state index in [-0.39, 0.29) is 17.2 Å². The summed E-state index contributed by atoms with van der Waals surface area (Å²) in [6, 6.07) is 5.96. The van der Waals surface area contributed by atoms with E-state index in [4.69, 9.17) is 16.2 Å². The van der Waals surface area contributed by atoms with Crippen molar-refractivity contribution in [3.05, 3.63) is 47.9 Å². The van der Waals surface area contributed by atoms with Crippen LogP contribution >= 0.6 is 0 Å². The Labute approximate surface area is 240 Å². The summed E-state index contributed by atoms with van der Waals surface area (Å²) < 4.78 is 47.4. The van der Waals surface area contributed by atoms with E-state index in [0.717, 1.165) is 43.9 Å². The van der Waals surface area contributed by atoms with Crippen LogP contribution in [0.25, 0.3) is 11.4 Å². The molecule has 3 fully saturated rings. The molecule has 6 rings (SSSR count). The summed E-state index contributed by atoms with van der Waals surface area (Å²) in [5.74, 6) is 1.12. The number of piperidine rings is 1. The number of hydrogen-bond donors (Lipinski definition) is 3. The molecule has 2 saturated heterocycles. The third-order valence-corrected chi connectivity index (χ3v) is 8.44. The number of nitrogens with one attached hydrogen (secondary N) is 1. The van der Waals surface area contributed by atoms with Crippen LogP contribution in [0.2, 0.25) is 0 Å². The predicted octanol–water partition coefficient (Wildman–Crippen LogP) is 3.04. The van der Waals surface area contributed by atoms with Gasteiger partial charge >= 0.3 is 6.18 Å². The van der Waals surface area contributed by atoms with E-state index in [9.17, 15) is 18.0 Å². The van der Waals surface area contributed by atoms with Crippen LogP contribution in [0.5, 0.6) is 0 Å². The molecule has 1 saturated carbocycles. The van der Waals surface area contributed by atoms with Crippen LogP contribution in [0.3, 0.4) is 0 Å². The molecule has 2 aliphatic heterocycles. The number of fused-ring (bicyclic) bond motifs is 2. The van der Waals surface area contributed by atoms with Crippen LogP contribution in [0.15, 0.2) is 36.7 Å². The molecule has 0 aromatic carbocycles. The standard InChI is InChI=1S/C28H32F3N9O2/c29-28(30,31)19-5-6-22(39-8-10-42-11-9-39)37-23(19)20-13-35-25(33)24(36-20)27(41)38-26-21(2-1-7-34-26)40-14-16-3-4-17(15-40)18(16)12-32/h1-2,5-7,13,16-18H,3-4,8-12,14-15,32H2,(H2,33,35)(H,34,38,41)/t16-,17+,18?. The molecule has 2 bridgehead atoms. The first-order valence-corrected chi connectivity index (χ1v) is 14.0. The minimum Gasteiger partial charge on any atom is -0.382 e. The van der Waals surface area contributed by atoms with E-state index in [1.165, 1.54) is 6.07 Å². The summed E-state index contributed by atoms with van der Waals surface area (Å²) in [4.78, 5) is 34.4. The molecule has 1 unspecified atom stereocenters. The molecule has 0 spiro atoms. The zero-order valence-electron chi connectivity index (χ0n) is 22.8. The molecular weight excluding hydrogens is 551 g/mol. The quantitative estimate of drug-likeness (QED) is 0.395. The first-order chi connectivity index (χ1) is 20.2. The zero-order valence-corrected chi connectivity index (χ0v) is 22.8. The number of nitrogens with zero attached hydrogens (tertiary/aromatic N) is 6. The van der Waals surface area contributed by atoms with E-state index in [0.29, 0.717) is 62.2 Å². The van der Waals surface area contributed by atoms with Crippen LogP contribution in [-0.4, -0.2) is 71.8 Å². The number of rotatable bonds is 6. The highest BCUT2D eigenvalue weighted by atomic mass is 19.4. The van der Waals surface area contributed by atoms with Gasteiger partial charge in [0.05, 0.1) is 30.7 Å². The number of halogens is 3. The molecule has 11 nitrogen and oxygen atoms in total. The summed E-state index contributed by atoms with van der Waals surface area (Å²) in [5.41, 5.74) is 10.8. The van der Waals surface area contributed by atoms with E-state index >= 15 is 0 Å². The van der Waals surface area contributed by atoms with Gasteiger partial charge in [-0.1, -0.05) is 0 Å².